The van der Waals surface area contributed by atoms with Crippen LogP contribution in [0.2, 0.25) is 0 Å². The summed E-state index contributed by atoms with van der Waals surface area (Å²) < 4.78 is 7.35. The quantitative estimate of drug-likeness (QED) is 0.576. The molecule has 5 rings (SSSR count). The van der Waals surface area contributed by atoms with Crippen LogP contribution in [-0.4, -0.2) is 55.4 Å². The first kappa shape index (κ1) is 20.5. The molecule has 1 aliphatic carbocycles. The number of aliphatic carboxylic acids is 1. The molecule has 32 heavy (non-hydrogen) atoms. The van der Waals surface area contributed by atoms with Crippen LogP contribution in [0.15, 0.2) is 47.2 Å². The number of fused-ring (bicyclic) bond motifs is 1. The molecule has 3 heterocycles. The second-order valence-corrected chi connectivity index (χ2v) is 8.56. The van der Waals surface area contributed by atoms with Crippen LogP contribution in [0, 0.1) is 29.6 Å². The summed E-state index contributed by atoms with van der Waals surface area (Å²) in [6.07, 6.45) is 2.81. The Morgan fingerprint density at radius 1 is 1.28 bits per heavy atom. The predicted molar refractivity (Wildman–Crippen MR) is 115 cm³/mol. The first-order valence-corrected chi connectivity index (χ1v) is 10.7. The van der Waals surface area contributed by atoms with E-state index in [0.29, 0.717) is 35.9 Å². The number of carboxylic acid groups (broad SMARTS) is 1. The number of carboxylic acids is 1. The fourth-order valence-electron chi connectivity index (χ4n) is 4.55. The average molecular weight is 432 g/mol. The summed E-state index contributed by atoms with van der Waals surface area (Å²) in [5.74, 6) is 8.52. The van der Waals surface area contributed by atoms with Gasteiger partial charge in [0.15, 0.2) is 5.76 Å². The molecular formula is C24H24N4O4. The standard InChI is InChI=1S/C24H24N4O4/c1-15(29)24-25-8-9-28(24)11-18-10-22(32-26-18)17-5-2-16(3-6-17)4-7-19-20-12-27(13-21(19)20)14-23(30)31/h2-3,5-6,8-10,15,19-21,29H,11-14H2,1H3,(H,30,31)/t15-,19?,20?,21?/m0/s1. The van der Waals surface area contributed by atoms with Gasteiger partial charge in [0.05, 0.1) is 13.1 Å². The van der Waals surface area contributed by atoms with Crippen molar-refractivity contribution in [3.8, 4) is 23.2 Å². The third-order valence-corrected chi connectivity index (χ3v) is 6.19. The maximum absolute atomic E-state index is 10.8. The molecule has 2 N–H and O–H groups in total. The van der Waals surface area contributed by atoms with Crippen LogP contribution < -0.4 is 0 Å². The zero-order valence-corrected chi connectivity index (χ0v) is 17.7. The zero-order valence-electron chi connectivity index (χ0n) is 17.7. The maximum atomic E-state index is 10.8. The molecule has 3 aromatic rings. The Hall–Kier alpha value is -3.41. The summed E-state index contributed by atoms with van der Waals surface area (Å²) >= 11 is 0. The van der Waals surface area contributed by atoms with E-state index in [1.165, 1.54) is 0 Å². The lowest BCUT2D eigenvalue weighted by Crippen LogP contribution is -2.30. The topological polar surface area (TPSA) is 105 Å². The minimum Gasteiger partial charge on any atom is -0.480 e. The van der Waals surface area contributed by atoms with E-state index in [-0.39, 0.29) is 6.54 Å². The van der Waals surface area contributed by atoms with E-state index in [4.69, 9.17) is 9.63 Å². The van der Waals surface area contributed by atoms with Crippen LogP contribution in [-0.2, 0) is 11.3 Å². The highest BCUT2D eigenvalue weighted by molar-refractivity contribution is 5.69. The molecule has 8 nitrogen and oxygen atoms in total. The Morgan fingerprint density at radius 2 is 2.03 bits per heavy atom. The average Bonchev–Trinajstić information content (AvgIpc) is 3.24. The fraction of sp³-hybridized carbons (Fsp3) is 0.375. The summed E-state index contributed by atoms with van der Waals surface area (Å²) in [6, 6.07) is 9.77. The SMILES string of the molecule is C[C@H](O)c1nccn1Cc1cc(-c2ccc(C#CC3C4CN(CC(=O)O)CC34)cc2)on1. The van der Waals surface area contributed by atoms with Crippen LogP contribution in [0.1, 0.15) is 30.1 Å². The number of carbonyl (C=O) groups is 1. The number of piperidine rings is 1. The maximum Gasteiger partial charge on any atom is 0.317 e. The Balaban J connectivity index is 1.19. The van der Waals surface area contributed by atoms with Crippen LogP contribution in [0.4, 0.5) is 0 Å². The van der Waals surface area contributed by atoms with Crippen LogP contribution >= 0.6 is 0 Å². The van der Waals surface area contributed by atoms with Crippen LogP contribution in [0.3, 0.4) is 0 Å². The fourth-order valence-corrected chi connectivity index (χ4v) is 4.55. The summed E-state index contributed by atoms with van der Waals surface area (Å²) in [5.41, 5.74) is 2.62. The van der Waals surface area contributed by atoms with Gasteiger partial charge >= 0.3 is 5.97 Å². The van der Waals surface area contributed by atoms with Gasteiger partial charge in [-0.3, -0.25) is 9.69 Å². The van der Waals surface area contributed by atoms with Crippen molar-refractivity contribution in [2.45, 2.75) is 19.6 Å². The van der Waals surface area contributed by atoms with E-state index in [9.17, 15) is 9.90 Å². The Bertz CT molecular complexity index is 1170. The highest BCUT2D eigenvalue weighted by Crippen LogP contribution is 2.51. The van der Waals surface area contributed by atoms with Crippen LogP contribution in [0.25, 0.3) is 11.3 Å². The number of hydrogen-bond acceptors (Lipinski definition) is 6. The predicted octanol–water partition coefficient (Wildman–Crippen LogP) is 2.25. The van der Waals surface area contributed by atoms with Crippen molar-refractivity contribution in [2.24, 2.45) is 17.8 Å². The number of hydrogen-bond donors (Lipinski definition) is 2. The molecule has 2 fully saturated rings. The van der Waals surface area contributed by atoms with Crippen molar-refractivity contribution in [1.82, 2.24) is 19.6 Å². The summed E-state index contributed by atoms with van der Waals surface area (Å²) in [4.78, 5) is 17.0. The lowest BCUT2D eigenvalue weighted by Gasteiger charge is -2.14. The van der Waals surface area contributed by atoms with Crippen LogP contribution in [0.5, 0.6) is 0 Å². The molecule has 0 radical (unpaired) electrons. The minimum absolute atomic E-state index is 0.127. The molecule has 3 atom stereocenters. The molecule has 0 amide bonds. The third kappa shape index (κ3) is 4.17. The van der Waals surface area contributed by atoms with E-state index in [1.54, 1.807) is 13.1 Å². The highest BCUT2D eigenvalue weighted by atomic mass is 16.5. The molecule has 2 aliphatic rings. The number of nitrogens with zero attached hydrogens (tertiary/aromatic N) is 4. The zero-order chi connectivity index (χ0) is 22.2. The van der Waals surface area contributed by atoms with Gasteiger partial charge in [0.1, 0.15) is 17.6 Å². The van der Waals surface area contributed by atoms with E-state index in [1.807, 2.05) is 46.0 Å². The van der Waals surface area contributed by atoms with E-state index >= 15 is 0 Å². The molecule has 2 aromatic heterocycles. The Kier molecular flexibility index (Phi) is 5.29. The monoisotopic (exact) mass is 432 g/mol. The van der Waals surface area contributed by atoms with Gasteiger partial charge in [-0.1, -0.05) is 17.0 Å². The van der Waals surface area contributed by atoms with Gasteiger partial charge in [-0.25, -0.2) is 4.98 Å². The van der Waals surface area contributed by atoms with Gasteiger partial charge in [-0.2, -0.15) is 0 Å². The molecule has 1 aromatic carbocycles. The number of aromatic nitrogens is 3. The van der Waals surface area contributed by atoms with Crippen molar-refractivity contribution < 1.29 is 19.5 Å². The molecular weight excluding hydrogens is 408 g/mol. The van der Waals surface area contributed by atoms with Crippen molar-refractivity contribution in [2.75, 3.05) is 19.6 Å². The number of likely N-dealkylation sites (tertiary alicyclic amines) is 1. The third-order valence-electron chi connectivity index (χ3n) is 6.19. The molecule has 1 saturated carbocycles. The highest BCUT2D eigenvalue weighted by Gasteiger charge is 2.55. The van der Waals surface area contributed by atoms with Gasteiger partial charge < -0.3 is 19.3 Å². The Labute approximate surface area is 185 Å². The summed E-state index contributed by atoms with van der Waals surface area (Å²) in [6.45, 7) is 3.95. The van der Waals surface area contributed by atoms with Crippen molar-refractivity contribution >= 4 is 5.97 Å². The van der Waals surface area contributed by atoms with Gasteiger partial charge in [0.25, 0.3) is 0 Å². The number of aliphatic hydroxyl groups excluding tert-OH is 1. The van der Waals surface area contributed by atoms with Gasteiger partial charge in [-0.15, -0.1) is 0 Å². The molecule has 2 unspecified atom stereocenters. The van der Waals surface area contributed by atoms with Crippen molar-refractivity contribution in [3.63, 3.8) is 0 Å². The molecule has 1 saturated heterocycles. The smallest absolute Gasteiger partial charge is 0.317 e. The first-order chi connectivity index (χ1) is 15.5. The first-order valence-electron chi connectivity index (χ1n) is 10.7. The molecule has 164 valence electrons. The van der Waals surface area contributed by atoms with E-state index in [2.05, 4.69) is 22.0 Å². The lowest BCUT2D eigenvalue weighted by molar-refractivity contribution is -0.138. The normalized spacial score (nSPS) is 22.8. The van der Waals surface area contributed by atoms with E-state index < -0.39 is 12.1 Å². The largest absolute Gasteiger partial charge is 0.480 e. The van der Waals surface area contributed by atoms with Gasteiger partial charge in [0.2, 0.25) is 0 Å². The second-order valence-electron chi connectivity index (χ2n) is 8.56. The molecule has 1 aliphatic heterocycles. The van der Waals surface area contributed by atoms with Gasteiger partial charge in [0, 0.05) is 48.6 Å². The van der Waals surface area contributed by atoms with Gasteiger partial charge in [-0.05, 0) is 43.0 Å². The van der Waals surface area contributed by atoms with Crippen molar-refractivity contribution in [3.05, 3.63) is 59.8 Å². The number of benzene rings is 1. The second kappa shape index (κ2) is 8.26. The number of rotatable bonds is 6. The van der Waals surface area contributed by atoms with Crippen molar-refractivity contribution in [1.29, 1.82) is 0 Å². The Morgan fingerprint density at radius 3 is 2.72 bits per heavy atom. The molecule has 0 bridgehead atoms. The number of aliphatic hydroxyl groups is 1. The lowest BCUT2D eigenvalue weighted by atomic mass is 10.1. The summed E-state index contributed by atoms with van der Waals surface area (Å²) in [5, 5.41) is 22.8. The van der Waals surface area contributed by atoms with E-state index in [0.717, 1.165) is 29.9 Å². The molecule has 0 spiro atoms. The minimum atomic E-state index is -0.765. The number of imidazole rings is 1. The summed E-state index contributed by atoms with van der Waals surface area (Å²) in [7, 11) is 0. The molecule has 8 heteroatoms.